The first-order valence-electron chi connectivity index (χ1n) is 18.5. The number of rotatable bonds is 13. The minimum absolute atomic E-state index is 0.140. The quantitative estimate of drug-likeness (QED) is 0.189. The lowest BCUT2D eigenvalue weighted by Crippen LogP contribution is -2.67. The average molecular weight is 723 g/mol. The Morgan fingerprint density at radius 3 is 2.12 bits per heavy atom. The molecule has 1 fully saturated rings. The molecule has 276 valence electrons. The number of carbonyl (C=O) groups is 1. The fourth-order valence-electron chi connectivity index (χ4n) is 7.71. The highest BCUT2D eigenvalue weighted by molar-refractivity contribution is 6.99. The van der Waals surface area contributed by atoms with Gasteiger partial charge in [-0.1, -0.05) is 112 Å². The summed E-state index contributed by atoms with van der Waals surface area (Å²) >= 11 is 0. The van der Waals surface area contributed by atoms with E-state index in [1.54, 1.807) is 0 Å². The van der Waals surface area contributed by atoms with Crippen LogP contribution in [0.25, 0.3) is 0 Å². The van der Waals surface area contributed by atoms with Crippen molar-refractivity contribution in [3.8, 4) is 6.01 Å². The third kappa shape index (κ3) is 8.49. The highest BCUT2D eigenvalue weighted by atomic mass is 28.4. The number of ether oxygens (including phenoxy) is 1. The van der Waals surface area contributed by atoms with Gasteiger partial charge in [-0.05, 0) is 47.9 Å². The van der Waals surface area contributed by atoms with E-state index in [0.717, 1.165) is 43.1 Å². The number of anilines is 1. The summed E-state index contributed by atoms with van der Waals surface area (Å²) in [5.74, 6) is 0.865. The van der Waals surface area contributed by atoms with Gasteiger partial charge in [-0.15, -0.1) is 0 Å². The van der Waals surface area contributed by atoms with Gasteiger partial charge in [0.2, 0.25) is 0 Å². The smallest absolute Gasteiger partial charge is 0.407 e. The molecule has 10 nitrogen and oxygen atoms in total. The summed E-state index contributed by atoms with van der Waals surface area (Å²) in [7, 11) is 1.26. The van der Waals surface area contributed by atoms with Crippen LogP contribution in [0.1, 0.15) is 44.0 Å². The fourth-order valence-corrected chi connectivity index (χ4v) is 12.3. The van der Waals surface area contributed by atoms with Crippen LogP contribution < -0.4 is 20.0 Å². The average Bonchev–Trinajstić information content (AvgIpc) is 3.13. The summed E-state index contributed by atoms with van der Waals surface area (Å²) < 4.78 is 13.5. The molecule has 52 heavy (non-hydrogen) atoms. The van der Waals surface area contributed by atoms with E-state index in [2.05, 4.69) is 120 Å². The van der Waals surface area contributed by atoms with Crippen LogP contribution in [-0.2, 0) is 23.9 Å². The molecule has 1 aromatic heterocycles. The van der Waals surface area contributed by atoms with Gasteiger partial charge in [0.15, 0.2) is 0 Å². The Morgan fingerprint density at radius 2 is 1.52 bits per heavy atom. The van der Waals surface area contributed by atoms with Gasteiger partial charge >= 0.3 is 12.1 Å². The van der Waals surface area contributed by atoms with E-state index in [-0.39, 0.29) is 11.1 Å². The molecule has 0 saturated carbocycles. The van der Waals surface area contributed by atoms with E-state index >= 15 is 0 Å². The van der Waals surface area contributed by atoms with Gasteiger partial charge < -0.3 is 29.0 Å². The third-order valence-corrected chi connectivity index (χ3v) is 15.4. The maximum Gasteiger partial charge on any atom is 0.407 e. The molecule has 3 heterocycles. The van der Waals surface area contributed by atoms with Gasteiger partial charge in [0, 0.05) is 58.0 Å². The number of hydrogen-bond donors (Lipinski definition) is 1. The zero-order valence-electron chi connectivity index (χ0n) is 31.4. The summed E-state index contributed by atoms with van der Waals surface area (Å²) in [6, 6.07) is 32.1. The molecular formula is C41H54N6O4Si. The van der Waals surface area contributed by atoms with Crippen molar-refractivity contribution in [2.45, 2.75) is 57.8 Å². The Bertz CT molecular complexity index is 1720. The predicted octanol–water partition coefficient (Wildman–Crippen LogP) is 5.11. The zero-order valence-corrected chi connectivity index (χ0v) is 32.4. The Labute approximate surface area is 310 Å². The van der Waals surface area contributed by atoms with E-state index in [1.165, 1.54) is 20.8 Å². The number of likely N-dealkylation sites (N-methyl/N-ethyl adjacent to an activating group) is 1. The molecule has 6 rings (SSSR count). The summed E-state index contributed by atoms with van der Waals surface area (Å²) in [6.45, 7) is 12.3. The molecule has 4 aromatic rings. The van der Waals surface area contributed by atoms with Crippen LogP contribution in [0, 0.1) is 0 Å². The maximum absolute atomic E-state index is 12.4. The van der Waals surface area contributed by atoms with Crippen LogP contribution in [-0.4, -0.2) is 110 Å². The lowest BCUT2D eigenvalue weighted by Gasteiger charge is -2.45. The van der Waals surface area contributed by atoms with Crippen LogP contribution >= 0.6 is 0 Å². The number of benzene rings is 3. The number of carboxylic acid groups (broad SMARTS) is 1. The van der Waals surface area contributed by atoms with Crippen molar-refractivity contribution >= 4 is 30.6 Å². The van der Waals surface area contributed by atoms with Crippen LogP contribution in [0.3, 0.4) is 0 Å². The second-order valence-corrected chi connectivity index (χ2v) is 19.5. The molecule has 1 amide bonds. The van der Waals surface area contributed by atoms with Crippen molar-refractivity contribution in [1.82, 2.24) is 24.7 Å². The van der Waals surface area contributed by atoms with Gasteiger partial charge in [-0.2, -0.15) is 9.97 Å². The van der Waals surface area contributed by atoms with E-state index in [4.69, 9.17) is 19.1 Å². The van der Waals surface area contributed by atoms with E-state index in [0.29, 0.717) is 51.8 Å². The van der Waals surface area contributed by atoms with Crippen LogP contribution in [0.4, 0.5) is 10.6 Å². The molecule has 2 aliphatic rings. The van der Waals surface area contributed by atoms with Gasteiger partial charge in [-0.3, -0.25) is 4.90 Å². The lowest BCUT2D eigenvalue weighted by atomic mass is 10.0. The highest BCUT2D eigenvalue weighted by Crippen LogP contribution is 2.37. The molecule has 1 saturated heterocycles. The van der Waals surface area contributed by atoms with Crippen molar-refractivity contribution in [2.24, 2.45) is 0 Å². The van der Waals surface area contributed by atoms with E-state index in [9.17, 15) is 9.90 Å². The van der Waals surface area contributed by atoms with Crippen molar-refractivity contribution in [3.63, 3.8) is 0 Å². The van der Waals surface area contributed by atoms with E-state index in [1.807, 2.05) is 20.2 Å². The van der Waals surface area contributed by atoms with Gasteiger partial charge in [0.05, 0.1) is 11.7 Å². The molecule has 0 aliphatic carbocycles. The molecular weight excluding hydrogens is 669 g/mol. The summed E-state index contributed by atoms with van der Waals surface area (Å²) in [4.78, 5) is 30.8. The molecule has 1 unspecified atom stereocenters. The SMILES string of the molecule is CN(C)CCOc1nc2c(c(N3CCN(C(=O)O)CC3CCO[Si](c3ccccc3)(c3ccccc3)C(C)(C)C)n1)CCN(Cc1ccccc1)C2. The van der Waals surface area contributed by atoms with Crippen molar-refractivity contribution in [1.29, 1.82) is 0 Å². The number of amides is 1. The zero-order chi connectivity index (χ0) is 36.7. The highest BCUT2D eigenvalue weighted by Gasteiger charge is 2.50. The van der Waals surface area contributed by atoms with Crippen molar-refractivity contribution in [3.05, 3.63) is 108 Å². The molecule has 2 aliphatic heterocycles. The Morgan fingerprint density at radius 1 is 0.885 bits per heavy atom. The third-order valence-electron chi connectivity index (χ3n) is 10.3. The molecule has 0 bridgehead atoms. The van der Waals surface area contributed by atoms with Crippen LogP contribution in [0.2, 0.25) is 5.04 Å². The summed E-state index contributed by atoms with van der Waals surface area (Å²) in [5, 5.41) is 12.4. The predicted molar refractivity (Wildman–Crippen MR) is 209 cm³/mol. The topological polar surface area (TPSA) is 94.5 Å². The first kappa shape index (κ1) is 37.5. The largest absolute Gasteiger partial charge is 0.465 e. The molecule has 0 radical (unpaired) electrons. The van der Waals surface area contributed by atoms with Gasteiger partial charge in [0.25, 0.3) is 8.32 Å². The minimum atomic E-state index is -2.77. The Hall–Kier alpha value is -4.29. The molecule has 1 N–H and O–H groups in total. The summed E-state index contributed by atoms with van der Waals surface area (Å²) in [6.07, 6.45) is 0.552. The molecule has 1 atom stereocenters. The van der Waals surface area contributed by atoms with Gasteiger partial charge in [-0.25, -0.2) is 4.79 Å². The molecule has 11 heteroatoms. The lowest BCUT2D eigenvalue weighted by molar-refractivity contribution is 0.130. The van der Waals surface area contributed by atoms with Crippen molar-refractivity contribution in [2.75, 3.05) is 64.9 Å². The second-order valence-electron chi connectivity index (χ2n) is 15.2. The van der Waals surface area contributed by atoms with Crippen LogP contribution in [0.5, 0.6) is 6.01 Å². The minimum Gasteiger partial charge on any atom is -0.465 e. The summed E-state index contributed by atoms with van der Waals surface area (Å²) in [5.41, 5.74) is 3.38. The number of piperazine rings is 1. The van der Waals surface area contributed by atoms with Crippen molar-refractivity contribution < 1.29 is 19.1 Å². The van der Waals surface area contributed by atoms with Gasteiger partial charge in [0.1, 0.15) is 12.4 Å². The van der Waals surface area contributed by atoms with E-state index < -0.39 is 14.4 Å². The standard InChI is InChI=1S/C41H54N6O4Si/c1-41(2,3)52(34-17-11-7-12-18-34,35-19-13-8-14-20-35)51-27-22-33-30-46(40(48)49)24-25-47(33)38-36-21-23-45(29-32-15-9-6-10-16-32)31-37(36)42-39(43-38)50-28-26-44(4)5/h6-20,33H,21-31H2,1-5H3,(H,48,49). The normalized spacial score (nSPS) is 16.9. The first-order chi connectivity index (χ1) is 25.0. The molecule has 3 aromatic carbocycles. The number of fused-ring (bicyclic) bond motifs is 1. The maximum atomic E-state index is 12.4. The fraction of sp³-hybridized carbons (Fsp3) is 0.439. The Balaban J connectivity index is 1.32. The number of hydrogen-bond acceptors (Lipinski definition) is 8. The second kappa shape index (κ2) is 16.6. The monoisotopic (exact) mass is 722 g/mol. The molecule has 0 spiro atoms. The first-order valence-corrected chi connectivity index (χ1v) is 20.4. The number of aromatic nitrogens is 2. The Kier molecular flexibility index (Phi) is 11.9. The van der Waals surface area contributed by atoms with Crippen LogP contribution in [0.15, 0.2) is 91.0 Å². The number of nitrogens with zero attached hydrogens (tertiary/aromatic N) is 6.